The summed E-state index contributed by atoms with van der Waals surface area (Å²) in [5.41, 5.74) is 1.000. The Kier molecular flexibility index (Phi) is 5.21. The van der Waals surface area contributed by atoms with Gasteiger partial charge in [0.15, 0.2) is 0 Å². The Morgan fingerprint density at radius 3 is 2.59 bits per heavy atom. The van der Waals surface area contributed by atoms with E-state index in [9.17, 15) is 14.0 Å². The minimum absolute atomic E-state index is 0.00790. The molecule has 1 amide bonds. The van der Waals surface area contributed by atoms with E-state index >= 15 is 0 Å². The van der Waals surface area contributed by atoms with E-state index in [1.807, 2.05) is 6.92 Å². The van der Waals surface area contributed by atoms with E-state index in [2.05, 4.69) is 10.3 Å². The van der Waals surface area contributed by atoms with Gasteiger partial charge < -0.3 is 10.4 Å². The van der Waals surface area contributed by atoms with E-state index in [1.54, 1.807) is 0 Å². The van der Waals surface area contributed by atoms with E-state index in [4.69, 9.17) is 5.11 Å². The molecule has 0 atom stereocenters. The second kappa shape index (κ2) is 7.13. The molecule has 0 aliphatic rings. The van der Waals surface area contributed by atoms with Crippen LogP contribution in [0.1, 0.15) is 33.7 Å². The second-order valence-corrected chi connectivity index (χ2v) is 5.75. The van der Waals surface area contributed by atoms with Gasteiger partial charge in [-0.15, -0.1) is 11.3 Å². The van der Waals surface area contributed by atoms with Gasteiger partial charge in [-0.1, -0.05) is 13.3 Å². The summed E-state index contributed by atoms with van der Waals surface area (Å²) < 4.78 is 12.8. The van der Waals surface area contributed by atoms with Crippen LogP contribution in [0.5, 0.6) is 0 Å². The molecule has 2 N–H and O–H groups in total. The van der Waals surface area contributed by atoms with Crippen molar-refractivity contribution >= 4 is 28.9 Å². The van der Waals surface area contributed by atoms with E-state index in [1.165, 1.54) is 24.3 Å². The minimum atomic E-state index is -1.02. The van der Waals surface area contributed by atoms with Gasteiger partial charge in [-0.05, 0) is 30.7 Å². The summed E-state index contributed by atoms with van der Waals surface area (Å²) in [4.78, 5) is 27.5. The number of carboxylic acid groups (broad SMARTS) is 1. The Morgan fingerprint density at radius 2 is 2.00 bits per heavy atom. The van der Waals surface area contributed by atoms with Gasteiger partial charge in [-0.3, -0.25) is 4.79 Å². The molecule has 0 unspecified atom stereocenters. The number of amides is 1. The van der Waals surface area contributed by atoms with Gasteiger partial charge in [0, 0.05) is 5.69 Å². The second-order valence-electron chi connectivity index (χ2n) is 4.67. The first kappa shape index (κ1) is 16.1. The molecule has 1 aromatic heterocycles. The van der Waals surface area contributed by atoms with E-state index < -0.39 is 5.97 Å². The molecule has 5 nitrogen and oxygen atoms in total. The number of rotatable bonds is 6. The van der Waals surface area contributed by atoms with Crippen molar-refractivity contribution in [3.63, 3.8) is 0 Å². The minimum Gasteiger partial charge on any atom is -0.477 e. The molecule has 0 saturated carbocycles. The summed E-state index contributed by atoms with van der Waals surface area (Å²) in [6.45, 7) is 1.94. The fourth-order valence-electron chi connectivity index (χ4n) is 1.93. The molecule has 22 heavy (non-hydrogen) atoms. The number of aromatic carboxylic acids is 1. The number of halogens is 1. The highest BCUT2D eigenvalue weighted by Crippen LogP contribution is 2.21. The number of hydrogen-bond acceptors (Lipinski definition) is 4. The first-order valence-corrected chi connectivity index (χ1v) is 7.58. The molecule has 0 spiro atoms. The van der Waals surface area contributed by atoms with Crippen LogP contribution >= 0.6 is 11.3 Å². The van der Waals surface area contributed by atoms with Gasteiger partial charge >= 0.3 is 5.97 Å². The molecular weight excluding hydrogens is 307 g/mol. The molecule has 1 heterocycles. The average molecular weight is 322 g/mol. The number of carbonyl (C=O) groups is 2. The smallest absolute Gasteiger partial charge is 0.347 e. The summed E-state index contributed by atoms with van der Waals surface area (Å²) in [6, 6.07) is 5.42. The van der Waals surface area contributed by atoms with Crippen LogP contribution in [0.3, 0.4) is 0 Å². The third kappa shape index (κ3) is 4.11. The number of aromatic nitrogens is 1. The maximum Gasteiger partial charge on any atom is 0.347 e. The summed E-state index contributed by atoms with van der Waals surface area (Å²) in [6.07, 6.45) is 1.34. The van der Waals surface area contributed by atoms with Crippen LogP contribution in [0.15, 0.2) is 24.3 Å². The zero-order chi connectivity index (χ0) is 16.1. The van der Waals surface area contributed by atoms with Crippen LogP contribution in [0.4, 0.5) is 10.1 Å². The number of aryl methyl sites for hydroxylation is 1. The summed E-state index contributed by atoms with van der Waals surface area (Å²) >= 11 is 1.02. The van der Waals surface area contributed by atoms with E-state index in [0.29, 0.717) is 22.8 Å². The Morgan fingerprint density at radius 1 is 1.32 bits per heavy atom. The first-order chi connectivity index (χ1) is 10.5. The van der Waals surface area contributed by atoms with Crippen molar-refractivity contribution in [2.24, 2.45) is 0 Å². The SMILES string of the molecule is CCCc1nc(CC(=O)Nc2ccc(F)cc2)sc1C(=O)O. The monoisotopic (exact) mass is 322 g/mol. The Balaban J connectivity index is 2.06. The molecule has 7 heteroatoms. The topological polar surface area (TPSA) is 79.3 Å². The largest absolute Gasteiger partial charge is 0.477 e. The summed E-state index contributed by atoms with van der Waals surface area (Å²) in [5, 5.41) is 12.2. The number of nitrogens with one attached hydrogen (secondary N) is 1. The molecule has 2 rings (SSSR count). The molecule has 116 valence electrons. The third-order valence-corrected chi connectivity index (χ3v) is 3.95. The highest BCUT2D eigenvalue weighted by Gasteiger charge is 2.18. The molecule has 0 saturated heterocycles. The van der Waals surface area contributed by atoms with Crippen molar-refractivity contribution in [3.05, 3.63) is 45.7 Å². The number of nitrogens with zero attached hydrogens (tertiary/aromatic N) is 1. The highest BCUT2D eigenvalue weighted by molar-refractivity contribution is 7.13. The molecule has 0 aliphatic carbocycles. The molecule has 0 bridgehead atoms. The maximum atomic E-state index is 12.8. The average Bonchev–Trinajstić information content (AvgIpc) is 2.84. The Bertz CT molecular complexity index is 683. The van der Waals surface area contributed by atoms with Crippen LogP contribution in [-0.4, -0.2) is 22.0 Å². The summed E-state index contributed by atoms with van der Waals surface area (Å²) in [5.74, 6) is -1.72. The lowest BCUT2D eigenvalue weighted by Crippen LogP contribution is -2.14. The molecular formula is C15H15FN2O3S. The van der Waals surface area contributed by atoms with Gasteiger partial charge in [0.05, 0.1) is 12.1 Å². The van der Waals surface area contributed by atoms with Crippen molar-refractivity contribution in [3.8, 4) is 0 Å². The lowest BCUT2D eigenvalue weighted by atomic mass is 10.2. The van der Waals surface area contributed by atoms with E-state index in [0.717, 1.165) is 17.8 Å². The van der Waals surface area contributed by atoms with E-state index in [-0.39, 0.29) is 23.0 Å². The molecule has 0 aliphatic heterocycles. The highest BCUT2D eigenvalue weighted by atomic mass is 32.1. The summed E-state index contributed by atoms with van der Waals surface area (Å²) in [7, 11) is 0. The van der Waals surface area contributed by atoms with Crippen LogP contribution in [-0.2, 0) is 17.6 Å². The van der Waals surface area contributed by atoms with Crippen LogP contribution in [0.2, 0.25) is 0 Å². The Labute approximate surface area is 130 Å². The third-order valence-electron chi connectivity index (χ3n) is 2.86. The predicted molar refractivity (Wildman–Crippen MR) is 81.8 cm³/mol. The maximum absolute atomic E-state index is 12.8. The Hall–Kier alpha value is -2.28. The van der Waals surface area contributed by atoms with Crippen LogP contribution in [0.25, 0.3) is 0 Å². The number of anilines is 1. The standard InChI is InChI=1S/C15H15FN2O3S/c1-2-3-11-14(15(20)21)22-13(18-11)8-12(19)17-10-6-4-9(16)5-7-10/h4-7H,2-3,8H2,1H3,(H,17,19)(H,20,21). The van der Waals surface area contributed by atoms with Crippen LogP contribution in [0, 0.1) is 5.82 Å². The fraction of sp³-hybridized carbons (Fsp3) is 0.267. The molecule has 0 fully saturated rings. The fourth-order valence-corrected chi connectivity index (χ4v) is 2.87. The van der Waals surface area contributed by atoms with Crippen LogP contribution < -0.4 is 5.32 Å². The zero-order valence-corrected chi connectivity index (χ0v) is 12.7. The van der Waals surface area contributed by atoms with Crippen molar-refractivity contribution in [2.45, 2.75) is 26.2 Å². The van der Waals surface area contributed by atoms with Crippen molar-refractivity contribution in [1.29, 1.82) is 0 Å². The first-order valence-electron chi connectivity index (χ1n) is 6.77. The van der Waals surface area contributed by atoms with Gasteiger partial charge in [0.25, 0.3) is 0 Å². The normalized spacial score (nSPS) is 10.5. The van der Waals surface area contributed by atoms with Gasteiger partial charge in [0.2, 0.25) is 5.91 Å². The predicted octanol–water partition coefficient (Wildman–Crippen LogP) is 3.11. The van der Waals surface area contributed by atoms with Crippen molar-refractivity contribution in [1.82, 2.24) is 4.98 Å². The zero-order valence-electron chi connectivity index (χ0n) is 11.9. The quantitative estimate of drug-likeness (QED) is 0.856. The lowest BCUT2D eigenvalue weighted by Gasteiger charge is -2.03. The van der Waals surface area contributed by atoms with Gasteiger partial charge in [-0.25, -0.2) is 14.2 Å². The molecule has 1 aromatic carbocycles. The number of carbonyl (C=O) groups excluding carboxylic acids is 1. The number of hydrogen-bond donors (Lipinski definition) is 2. The van der Waals surface area contributed by atoms with Gasteiger partial charge in [0.1, 0.15) is 15.7 Å². The van der Waals surface area contributed by atoms with Crippen molar-refractivity contribution < 1.29 is 19.1 Å². The molecule has 0 radical (unpaired) electrons. The number of thiazole rings is 1. The van der Waals surface area contributed by atoms with Crippen molar-refractivity contribution in [2.75, 3.05) is 5.32 Å². The number of benzene rings is 1. The number of carboxylic acids is 1. The lowest BCUT2D eigenvalue weighted by molar-refractivity contribution is -0.115. The molecule has 2 aromatic rings. The van der Waals surface area contributed by atoms with Gasteiger partial charge in [-0.2, -0.15) is 0 Å².